The van der Waals surface area contributed by atoms with Gasteiger partial charge < -0.3 is 10.4 Å². The van der Waals surface area contributed by atoms with Gasteiger partial charge in [-0.1, -0.05) is 20.3 Å². The average molecular weight is 223 g/mol. The summed E-state index contributed by atoms with van der Waals surface area (Å²) in [6, 6.07) is 1.12. The zero-order valence-corrected chi connectivity index (χ0v) is 9.77. The van der Waals surface area contributed by atoms with E-state index in [4.69, 9.17) is 5.11 Å². The van der Waals surface area contributed by atoms with Crippen molar-refractivity contribution in [1.29, 1.82) is 0 Å². The Morgan fingerprint density at radius 2 is 2.31 bits per heavy atom. The molecular formula is C11H17N3O2. The Balaban J connectivity index is 2.79. The number of carboxylic acids is 1. The van der Waals surface area contributed by atoms with Crippen molar-refractivity contribution in [2.24, 2.45) is 5.92 Å². The molecule has 1 rings (SSSR count). The molecule has 1 aromatic rings. The topological polar surface area (TPSA) is 75.1 Å². The summed E-state index contributed by atoms with van der Waals surface area (Å²) < 4.78 is 0. The largest absolute Gasteiger partial charge is 0.480 e. The Bertz CT molecular complexity index is 368. The lowest BCUT2D eigenvalue weighted by atomic mass is 9.99. The van der Waals surface area contributed by atoms with Gasteiger partial charge in [0.1, 0.15) is 6.04 Å². The monoisotopic (exact) mass is 223 g/mol. The number of nitrogens with zero attached hydrogens (tertiary/aromatic N) is 2. The average Bonchev–Trinajstić information content (AvgIpc) is 2.24. The molecule has 0 aliphatic rings. The molecule has 0 fully saturated rings. The molecule has 0 aromatic carbocycles. The molecule has 5 heteroatoms. The van der Waals surface area contributed by atoms with E-state index in [9.17, 15) is 4.79 Å². The number of aliphatic carboxylic acids is 1. The van der Waals surface area contributed by atoms with E-state index < -0.39 is 12.0 Å². The van der Waals surface area contributed by atoms with Crippen LogP contribution in [0.1, 0.15) is 26.0 Å². The van der Waals surface area contributed by atoms with Crippen LogP contribution in [0.2, 0.25) is 0 Å². The van der Waals surface area contributed by atoms with E-state index in [1.165, 1.54) is 0 Å². The van der Waals surface area contributed by atoms with E-state index in [0.29, 0.717) is 5.95 Å². The van der Waals surface area contributed by atoms with Crippen LogP contribution in [0.5, 0.6) is 0 Å². The number of carboxylic acid groups (broad SMARTS) is 1. The Labute approximate surface area is 94.9 Å². The molecule has 0 aliphatic heterocycles. The van der Waals surface area contributed by atoms with Crippen LogP contribution in [0.4, 0.5) is 5.95 Å². The molecular weight excluding hydrogens is 206 g/mol. The molecule has 0 saturated carbocycles. The third kappa shape index (κ3) is 3.18. The normalized spacial score (nSPS) is 14.2. The van der Waals surface area contributed by atoms with E-state index in [-0.39, 0.29) is 5.92 Å². The summed E-state index contributed by atoms with van der Waals surface area (Å²) in [4.78, 5) is 19.2. The fourth-order valence-electron chi connectivity index (χ4n) is 1.34. The van der Waals surface area contributed by atoms with Crippen molar-refractivity contribution < 1.29 is 9.90 Å². The number of aryl methyl sites for hydroxylation is 1. The highest BCUT2D eigenvalue weighted by Crippen LogP contribution is 2.12. The predicted molar refractivity (Wildman–Crippen MR) is 61.3 cm³/mol. The molecule has 16 heavy (non-hydrogen) atoms. The standard InChI is InChI=1S/C11H17N3O2/c1-4-7(2)9(10(15)16)14-11-12-6-5-8(3)13-11/h5-7,9H,4H2,1-3H3,(H,15,16)(H,12,13,14)/t7-,9-/m0/s1. The first-order valence-electron chi connectivity index (χ1n) is 5.33. The van der Waals surface area contributed by atoms with Crippen molar-refractivity contribution in [3.05, 3.63) is 18.0 Å². The summed E-state index contributed by atoms with van der Waals surface area (Å²) in [6.45, 7) is 5.69. The maximum atomic E-state index is 11.1. The van der Waals surface area contributed by atoms with Crippen molar-refractivity contribution in [3.63, 3.8) is 0 Å². The van der Waals surface area contributed by atoms with Gasteiger partial charge in [-0.25, -0.2) is 14.8 Å². The lowest BCUT2D eigenvalue weighted by molar-refractivity contribution is -0.139. The second kappa shape index (κ2) is 5.44. The third-order valence-corrected chi connectivity index (χ3v) is 2.56. The Morgan fingerprint density at radius 1 is 1.62 bits per heavy atom. The van der Waals surface area contributed by atoms with E-state index in [1.807, 2.05) is 20.8 Å². The summed E-state index contributed by atoms with van der Waals surface area (Å²) in [7, 11) is 0. The van der Waals surface area contributed by atoms with Crippen LogP contribution < -0.4 is 5.32 Å². The molecule has 0 radical (unpaired) electrons. The molecule has 1 heterocycles. The van der Waals surface area contributed by atoms with Crippen LogP contribution in [-0.2, 0) is 4.79 Å². The van der Waals surface area contributed by atoms with Gasteiger partial charge in [-0.2, -0.15) is 0 Å². The molecule has 0 aliphatic carbocycles. The second-order valence-corrected chi connectivity index (χ2v) is 3.87. The highest BCUT2D eigenvalue weighted by Gasteiger charge is 2.23. The van der Waals surface area contributed by atoms with Gasteiger partial charge in [-0.3, -0.25) is 0 Å². The molecule has 0 bridgehead atoms. The minimum atomic E-state index is -0.876. The molecule has 2 N–H and O–H groups in total. The van der Waals surface area contributed by atoms with Crippen molar-refractivity contribution >= 4 is 11.9 Å². The molecule has 5 nitrogen and oxygen atoms in total. The number of carbonyl (C=O) groups is 1. The van der Waals surface area contributed by atoms with Gasteiger partial charge in [0.25, 0.3) is 0 Å². The molecule has 0 saturated heterocycles. The van der Waals surface area contributed by atoms with Gasteiger partial charge in [0.05, 0.1) is 0 Å². The zero-order valence-electron chi connectivity index (χ0n) is 9.77. The first-order valence-corrected chi connectivity index (χ1v) is 5.33. The number of nitrogens with one attached hydrogen (secondary N) is 1. The van der Waals surface area contributed by atoms with Gasteiger partial charge in [-0.05, 0) is 18.9 Å². The van der Waals surface area contributed by atoms with Crippen LogP contribution in [0, 0.1) is 12.8 Å². The van der Waals surface area contributed by atoms with Crippen LogP contribution in [0.3, 0.4) is 0 Å². The van der Waals surface area contributed by atoms with Gasteiger partial charge in [0.15, 0.2) is 0 Å². The number of hydrogen-bond acceptors (Lipinski definition) is 4. The van der Waals surface area contributed by atoms with Crippen molar-refractivity contribution in [2.75, 3.05) is 5.32 Å². The third-order valence-electron chi connectivity index (χ3n) is 2.56. The maximum absolute atomic E-state index is 11.1. The van der Waals surface area contributed by atoms with E-state index in [2.05, 4.69) is 15.3 Å². The van der Waals surface area contributed by atoms with Gasteiger partial charge in [0, 0.05) is 11.9 Å². The quantitative estimate of drug-likeness (QED) is 0.794. The fourth-order valence-corrected chi connectivity index (χ4v) is 1.34. The molecule has 0 amide bonds. The summed E-state index contributed by atoms with van der Waals surface area (Å²) >= 11 is 0. The smallest absolute Gasteiger partial charge is 0.326 e. The number of anilines is 1. The molecule has 1 aromatic heterocycles. The summed E-state index contributed by atoms with van der Waals surface area (Å²) in [5, 5.41) is 11.9. The van der Waals surface area contributed by atoms with Crippen molar-refractivity contribution in [2.45, 2.75) is 33.2 Å². The first-order chi connectivity index (χ1) is 7.54. The highest BCUT2D eigenvalue weighted by molar-refractivity contribution is 5.76. The molecule has 88 valence electrons. The molecule has 0 unspecified atom stereocenters. The van der Waals surface area contributed by atoms with Crippen molar-refractivity contribution in [3.8, 4) is 0 Å². The summed E-state index contributed by atoms with van der Waals surface area (Å²) in [5.74, 6) is -0.478. The van der Waals surface area contributed by atoms with Crippen molar-refractivity contribution in [1.82, 2.24) is 9.97 Å². The fraction of sp³-hybridized carbons (Fsp3) is 0.545. The van der Waals surface area contributed by atoms with Gasteiger partial charge >= 0.3 is 5.97 Å². The van der Waals surface area contributed by atoms with E-state index in [0.717, 1.165) is 12.1 Å². The summed E-state index contributed by atoms with van der Waals surface area (Å²) in [5.41, 5.74) is 0.811. The SMILES string of the molecule is CC[C@H](C)[C@H](Nc1nccc(C)n1)C(=O)O. The van der Waals surface area contributed by atoms with Crippen LogP contribution in [-0.4, -0.2) is 27.1 Å². The minimum Gasteiger partial charge on any atom is -0.480 e. The summed E-state index contributed by atoms with van der Waals surface area (Å²) in [6.07, 6.45) is 2.40. The van der Waals surface area contributed by atoms with E-state index >= 15 is 0 Å². The van der Waals surface area contributed by atoms with E-state index in [1.54, 1.807) is 12.3 Å². The molecule has 2 atom stereocenters. The second-order valence-electron chi connectivity index (χ2n) is 3.87. The number of rotatable bonds is 5. The molecule has 0 spiro atoms. The Kier molecular flexibility index (Phi) is 4.22. The van der Waals surface area contributed by atoms with Gasteiger partial charge in [0.2, 0.25) is 5.95 Å². The lowest BCUT2D eigenvalue weighted by Gasteiger charge is -2.19. The van der Waals surface area contributed by atoms with Crippen LogP contribution >= 0.6 is 0 Å². The Morgan fingerprint density at radius 3 is 2.81 bits per heavy atom. The Hall–Kier alpha value is -1.65. The van der Waals surface area contributed by atoms with Gasteiger partial charge in [-0.15, -0.1) is 0 Å². The first kappa shape index (κ1) is 12.4. The van der Waals surface area contributed by atoms with Crippen LogP contribution in [0.25, 0.3) is 0 Å². The number of hydrogen-bond donors (Lipinski definition) is 2. The minimum absolute atomic E-state index is 0.0293. The lowest BCUT2D eigenvalue weighted by Crippen LogP contribution is -2.36. The number of aromatic nitrogens is 2. The highest BCUT2D eigenvalue weighted by atomic mass is 16.4. The maximum Gasteiger partial charge on any atom is 0.326 e. The van der Waals surface area contributed by atoms with Crippen LogP contribution in [0.15, 0.2) is 12.3 Å². The zero-order chi connectivity index (χ0) is 12.1. The predicted octanol–water partition coefficient (Wildman–Crippen LogP) is 1.70.